The molecule has 0 aliphatic carbocycles. The van der Waals surface area contributed by atoms with Crippen LogP contribution in [0.25, 0.3) is 11.0 Å². The molecule has 1 aromatic carbocycles. The van der Waals surface area contributed by atoms with Crippen molar-refractivity contribution in [3.05, 3.63) is 41.6 Å². The van der Waals surface area contributed by atoms with Crippen molar-refractivity contribution in [3.63, 3.8) is 0 Å². The van der Waals surface area contributed by atoms with Crippen molar-refractivity contribution in [1.82, 2.24) is 25.1 Å². The van der Waals surface area contributed by atoms with Crippen LogP contribution in [0.15, 0.2) is 29.6 Å². The third-order valence-electron chi connectivity index (χ3n) is 4.09. The molecule has 0 aliphatic rings. The van der Waals surface area contributed by atoms with E-state index in [1.54, 1.807) is 10.9 Å². The highest BCUT2D eigenvalue weighted by molar-refractivity contribution is 7.99. The van der Waals surface area contributed by atoms with Crippen LogP contribution in [0.3, 0.4) is 0 Å². The number of anilines is 1. The molecule has 2 heterocycles. The number of nitrogens with one attached hydrogen (secondary N) is 2. The summed E-state index contributed by atoms with van der Waals surface area (Å²) >= 11 is 1.52. The highest BCUT2D eigenvalue weighted by Crippen LogP contribution is 2.24. The smallest absolute Gasteiger partial charge is 0.257 e. The van der Waals surface area contributed by atoms with Gasteiger partial charge in [0.1, 0.15) is 23.0 Å². The molecule has 10 heteroatoms. The summed E-state index contributed by atoms with van der Waals surface area (Å²) in [4.78, 5) is 21.2. The number of benzene rings is 1. The Morgan fingerprint density at radius 3 is 2.62 bits per heavy atom. The lowest BCUT2D eigenvalue weighted by Crippen LogP contribution is -2.29. The maximum absolute atomic E-state index is 13.7. The molecule has 2 N–H and O–H groups in total. The van der Waals surface area contributed by atoms with Crippen LogP contribution >= 0.6 is 11.8 Å². The number of thioether (sulfide) groups is 1. The third-order valence-corrected chi connectivity index (χ3v) is 4.82. The van der Waals surface area contributed by atoms with Crippen molar-refractivity contribution in [1.29, 1.82) is 0 Å². The van der Waals surface area contributed by atoms with E-state index in [-0.39, 0.29) is 6.54 Å². The molecule has 0 unspecified atom stereocenters. The number of rotatable bonds is 9. The Bertz CT molecular complexity index is 990. The van der Waals surface area contributed by atoms with Gasteiger partial charge in [0.25, 0.3) is 5.91 Å². The van der Waals surface area contributed by atoms with Crippen LogP contribution in [0.5, 0.6) is 0 Å². The molecule has 0 saturated heterocycles. The molecule has 29 heavy (non-hydrogen) atoms. The molecular weight excluding hydrogens is 398 g/mol. The van der Waals surface area contributed by atoms with Crippen molar-refractivity contribution in [2.24, 2.45) is 0 Å². The van der Waals surface area contributed by atoms with Gasteiger partial charge in [0.15, 0.2) is 10.8 Å². The Morgan fingerprint density at radius 1 is 1.17 bits per heavy atom. The zero-order valence-corrected chi connectivity index (χ0v) is 17.0. The van der Waals surface area contributed by atoms with Gasteiger partial charge >= 0.3 is 0 Å². The fraction of sp³-hybridized carbons (Fsp3) is 0.368. The molecule has 7 nitrogen and oxygen atoms in total. The first-order valence-corrected chi connectivity index (χ1v) is 10.4. The Balaban J connectivity index is 1.76. The molecule has 0 bridgehead atoms. The highest BCUT2D eigenvalue weighted by Gasteiger charge is 2.17. The number of carbonyl (C=O) groups excluding carboxylic acids is 1. The fourth-order valence-corrected chi connectivity index (χ4v) is 3.31. The summed E-state index contributed by atoms with van der Waals surface area (Å²) in [5, 5.41) is 11.6. The number of halogens is 2. The monoisotopic (exact) mass is 420 g/mol. The van der Waals surface area contributed by atoms with Gasteiger partial charge in [0.05, 0.1) is 18.1 Å². The molecule has 0 aliphatic heterocycles. The van der Waals surface area contributed by atoms with Crippen molar-refractivity contribution in [3.8, 4) is 0 Å². The molecule has 0 saturated carbocycles. The molecule has 1 amide bonds. The summed E-state index contributed by atoms with van der Waals surface area (Å²) in [7, 11) is 0. The molecule has 154 valence electrons. The third kappa shape index (κ3) is 4.81. The van der Waals surface area contributed by atoms with Crippen LogP contribution in [0, 0.1) is 11.6 Å². The second-order valence-corrected chi connectivity index (χ2v) is 7.40. The largest absolute Gasteiger partial charge is 0.369 e. The lowest BCUT2D eigenvalue weighted by atomic mass is 10.2. The molecule has 0 fully saturated rings. The topological polar surface area (TPSA) is 84.7 Å². The average molecular weight is 420 g/mol. The summed E-state index contributed by atoms with van der Waals surface area (Å²) < 4.78 is 29.1. The number of fused-ring (bicyclic) bond motifs is 1. The predicted octanol–water partition coefficient (Wildman–Crippen LogP) is 3.47. The number of amides is 1. The second kappa shape index (κ2) is 9.64. The minimum atomic E-state index is -0.896. The molecular formula is C19H22F2N6OS. The zero-order chi connectivity index (χ0) is 20.8. The predicted molar refractivity (Wildman–Crippen MR) is 109 cm³/mol. The first-order valence-electron chi connectivity index (χ1n) is 9.37. The number of carbonyl (C=O) groups is 1. The fourth-order valence-electron chi connectivity index (χ4n) is 2.75. The second-order valence-electron chi connectivity index (χ2n) is 6.17. The van der Waals surface area contributed by atoms with Crippen LogP contribution in [-0.2, 0) is 6.54 Å². The van der Waals surface area contributed by atoms with Gasteiger partial charge in [0, 0.05) is 13.1 Å². The Labute approximate surface area is 171 Å². The van der Waals surface area contributed by atoms with E-state index in [9.17, 15) is 13.6 Å². The Morgan fingerprint density at radius 2 is 1.93 bits per heavy atom. The molecule has 3 aromatic rings. The summed E-state index contributed by atoms with van der Waals surface area (Å²) in [5.74, 6) is -1.05. The number of aromatic nitrogens is 4. The average Bonchev–Trinajstić information content (AvgIpc) is 3.09. The van der Waals surface area contributed by atoms with Gasteiger partial charge in [-0.3, -0.25) is 4.79 Å². The summed E-state index contributed by atoms with van der Waals surface area (Å²) in [6.07, 6.45) is 2.63. The Kier molecular flexibility index (Phi) is 6.97. The lowest BCUT2D eigenvalue weighted by molar-refractivity contribution is 0.0943. The summed E-state index contributed by atoms with van der Waals surface area (Å²) in [6, 6.07) is 3.31. The van der Waals surface area contributed by atoms with Crippen LogP contribution in [0.1, 0.15) is 30.6 Å². The van der Waals surface area contributed by atoms with Crippen LogP contribution in [0.4, 0.5) is 14.6 Å². The van der Waals surface area contributed by atoms with Gasteiger partial charge in [-0.05, 0) is 24.3 Å². The zero-order valence-electron chi connectivity index (χ0n) is 16.2. The first-order chi connectivity index (χ1) is 14.0. The van der Waals surface area contributed by atoms with Crippen LogP contribution in [0.2, 0.25) is 0 Å². The van der Waals surface area contributed by atoms with Gasteiger partial charge in [-0.15, -0.1) is 0 Å². The minimum absolute atomic E-state index is 0.140. The first kappa shape index (κ1) is 21.0. The Hall–Kier alpha value is -2.75. The van der Waals surface area contributed by atoms with Gasteiger partial charge < -0.3 is 10.6 Å². The van der Waals surface area contributed by atoms with E-state index in [0.717, 1.165) is 42.1 Å². The summed E-state index contributed by atoms with van der Waals surface area (Å²) in [6.45, 7) is 5.30. The van der Waals surface area contributed by atoms with Crippen LogP contribution < -0.4 is 10.6 Å². The molecule has 0 spiro atoms. The van der Waals surface area contributed by atoms with E-state index in [1.807, 2.05) is 6.92 Å². The molecule has 2 aromatic heterocycles. The standard InChI is InChI=1S/C19H22F2N6OS/c1-3-8-22-16-12-11-24-27(17(12)26-19(25-16)29-4-2)10-9-23-18(28)15-13(20)6-5-7-14(15)21/h5-7,11H,3-4,8-10H2,1-2H3,(H,23,28)(H,22,25,26). The maximum atomic E-state index is 13.7. The van der Waals surface area contributed by atoms with Crippen LogP contribution in [-0.4, -0.2) is 44.5 Å². The summed E-state index contributed by atoms with van der Waals surface area (Å²) in [5.41, 5.74) is 0.0497. The van der Waals surface area contributed by atoms with Gasteiger partial charge in [-0.1, -0.05) is 31.7 Å². The number of hydrogen-bond donors (Lipinski definition) is 2. The van der Waals surface area contributed by atoms with Crippen molar-refractivity contribution < 1.29 is 13.6 Å². The van der Waals surface area contributed by atoms with Gasteiger partial charge in [-0.2, -0.15) is 5.10 Å². The normalized spacial score (nSPS) is 11.0. The molecule has 0 radical (unpaired) electrons. The van der Waals surface area contributed by atoms with E-state index in [2.05, 4.69) is 32.6 Å². The highest BCUT2D eigenvalue weighted by atomic mass is 32.2. The molecule has 3 rings (SSSR count). The quantitative estimate of drug-likeness (QED) is 0.407. The van der Waals surface area contributed by atoms with Gasteiger partial charge in [0.2, 0.25) is 0 Å². The number of nitrogens with zero attached hydrogens (tertiary/aromatic N) is 4. The van der Waals surface area contributed by atoms with Gasteiger partial charge in [-0.25, -0.2) is 23.4 Å². The van der Waals surface area contributed by atoms with Crippen molar-refractivity contribution in [2.45, 2.75) is 32.0 Å². The van der Waals surface area contributed by atoms with E-state index in [0.29, 0.717) is 17.3 Å². The van der Waals surface area contributed by atoms with E-state index in [1.165, 1.54) is 17.8 Å². The van der Waals surface area contributed by atoms with Crippen molar-refractivity contribution in [2.75, 3.05) is 24.2 Å². The SMILES string of the molecule is CCCNc1nc(SCC)nc2c1cnn2CCNC(=O)c1c(F)cccc1F. The van der Waals surface area contributed by atoms with E-state index >= 15 is 0 Å². The lowest BCUT2D eigenvalue weighted by Gasteiger charge is -2.09. The maximum Gasteiger partial charge on any atom is 0.257 e. The van der Waals surface area contributed by atoms with E-state index < -0.39 is 23.1 Å². The molecule has 0 atom stereocenters. The minimum Gasteiger partial charge on any atom is -0.369 e. The number of hydrogen-bond acceptors (Lipinski definition) is 6. The van der Waals surface area contributed by atoms with Crippen molar-refractivity contribution >= 4 is 34.5 Å². The van der Waals surface area contributed by atoms with E-state index in [4.69, 9.17) is 0 Å².